The summed E-state index contributed by atoms with van der Waals surface area (Å²) < 4.78 is 0. The lowest BCUT2D eigenvalue weighted by molar-refractivity contribution is 0.0920. The van der Waals surface area contributed by atoms with Crippen LogP contribution < -0.4 is 0 Å². The molecule has 68 valence electrons. The van der Waals surface area contributed by atoms with E-state index >= 15 is 0 Å². The van der Waals surface area contributed by atoms with E-state index in [1.165, 1.54) is 0 Å². The van der Waals surface area contributed by atoms with Gasteiger partial charge in [0.25, 0.3) is 0 Å². The van der Waals surface area contributed by atoms with Crippen molar-refractivity contribution in [2.24, 2.45) is 0 Å². The fourth-order valence-corrected chi connectivity index (χ4v) is 1.67. The molecule has 1 aliphatic rings. The number of nitrogens with zero attached hydrogens (tertiary/aromatic N) is 3. The SMILES string of the molecule is CC(C)N1CCN(C)CC1C#N. The molecule has 3 heteroatoms. The third-order valence-corrected chi connectivity index (χ3v) is 2.44. The first-order valence-corrected chi connectivity index (χ1v) is 4.49. The molecule has 0 aromatic rings. The largest absolute Gasteiger partial charge is 0.302 e. The van der Waals surface area contributed by atoms with Gasteiger partial charge in [-0.3, -0.25) is 4.90 Å². The molecule has 0 radical (unpaired) electrons. The van der Waals surface area contributed by atoms with Gasteiger partial charge in [-0.2, -0.15) is 5.26 Å². The maximum Gasteiger partial charge on any atom is 0.111 e. The van der Waals surface area contributed by atoms with E-state index in [0.29, 0.717) is 6.04 Å². The summed E-state index contributed by atoms with van der Waals surface area (Å²) in [5, 5.41) is 8.91. The third kappa shape index (κ3) is 1.96. The smallest absolute Gasteiger partial charge is 0.111 e. The molecule has 1 fully saturated rings. The molecule has 1 saturated heterocycles. The average Bonchev–Trinajstić information content (AvgIpc) is 2.03. The molecule has 3 nitrogen and oxygen atoms in total. The van der Waals surface area contributed by atoms with E-state index < -0.39 is 0 Å². The van der Waals surface area contributed by atoms with Crippen LogP contribution in [0.25, 0.3) is 0 Å². The van der Waals surface area contributed by atoms with Crippen LogP contribution in [0.3, 0.4) is 0 Å². The predicted octanol–water partition coefficient (Wildman–Crippen LogP) is 0.534. The van der Waals surface area contributed by atoms with E-state index in [4.69, 9.17) is 5.26 Å². The van der Waals surface area contributed by atoms with Gasteiger partial charge >= 0.3 is 0 Å². The van der Waals surface area contributed by atoms with Crippen molar-refractivity contribution in [1.82, 2.24) is 9.80 Å². The van der Waals surface area contributed by atoms with E-state index in [-0.39, 0.29) is 6.04 Å². The van der Waals surface area contributed by atoms with Crippen molar-refractivity contribution >= 4 is 0 Å². The highest BCUT2D eigenvalue weighted by atomic mass is 15.3. The zero-order chi connectivity index (χ0) is 9.14. The number of hydrogen-bond donors (Lipinski definition) is 0. The van der Waals surface area contributed by atoms with Gasteiger partial charge < -0.3 is 4.90 Å². The Hall–Kier alpha value is -0.590. The Labute approximate surface area is 74.6 Å². The fourth-order valence-electron chi connectivity index (χ4n) is 1.67. The molecule has 0 amide bonds. The van der Waals surface area contributed by atoms with Gasteiger partial charge in [0.05, 0.1) is 6.07 Å². The summed E-state index contributed by atoms with van der Waals surface area (Å²) >= 11 is 0. The number of hydrogen-bond acceptors (Lipinski definition) is 3. The maximum atomic E-state index is 8.91. The summed E-state index contributed by atoms with van der Waals surface area (Å²) in [5.74, 6) is 0. The van der Waals surface area contributed by atoms with Crippen LogP contribution in [0.4, 0.5) is 0 Å². The van der Waals surface area contributed by atoms with Crippen LogP contribution in [0.15, 0.2) is 0 Å². The zero-order valence-electron chi connectivity index (χ0n) is 8.12. The van der Waals surface area contributed by atoms with Crippen molar-refractivity contribution in [3.05, 3.63) is 0 Å². The van der Waals surface area contributed by atoms with Gasteiger partial charge in [0.2, 0.25) is 0 Å². The second-order valence-electron chi connectivity index (χ2n) is 3.74. The fraction of sp³-hybridized carbons (Fsp3) is 0.889. The van der Waals surface area contributed by atoms with Crippen LogP contribution in [-0.4, -0.2) is 48.6 Å². The molecule has 1 aliphatic heterocycles. The van der Waals surface area contributed by atoms with E-state index in [1.54, 1.807) is 0 Å². The van der Waals surface area contributed by atoms with Crippen molar-refractivity contribution in [2.75, 3.05) is 26.7 Å². The third-order valence-electron chi connectivity index (χ3n) is 2.44. The van der Waals surface area contributed by atoms with Gasteiger partial charge in [0.15, 0.2) is 0 Å². The van der Waals surface area contributed by atoms with Crippen LogP contribution in [0, 0.1) is 11.3 Å². The van der Waals surface area contributed by atoms with Crippen molar-refractivity contribution in [3.8, 4) is 6.07 Å². The Bertz CT molecular complexity index is 183. The first-order chi connectivity index (χ1) is 5.65. The van der Waals surface area contributed by atoms with Gasteiger partial charge in [-0.15, -0.1) is 0 Å². The van der Waals surface area contributed by atoms with Crippen LogP contribution in [0.5, 0.6) is 0 Å². The molecular weight excluding hydrogens is 150 g/mol. The van der Waals surface area contributed by atoms with Crippen molar-refractivity contribution in [3.63, 3.8) is 0 Å². The topological polar surface area (TPSA) is 30.3 Å². The maximum absolute atomic E-state index is 8.91. The Morgan fingerprint density at radius 2 is 2.08 bits per heavy atom. The standard InChI is InChI=1S/C9H17N3/c1-8(2)12-5-4-11(3)7-9(12)6-10/h8-9H,4-5,7H2,1-3H3. The van der Waals surface area contributed by atoms with Crippen molar-refractivity contribution in [1.29, 1.82) is 5.26 Å². The monoisotopic (exact) mass is 167 g/mol. The molecule has 0 aliphatic carbocycles. The molecule has 12 heavy (non-hydrogen) atoms. The molecule has 0 spiro atoms. The Kier molecular flexibility index (Phi) is 3.07. The van der Waals surface area contributed by atoms with Crippen LogP contribution in [0.1, 0.15) is 13.8 Å². The summed E-state index contributed by atoms with van der Waals surface area (Å²) in [4.78, 5) is 4.48. The summed E-state index contributed by atoms with van der Waals surface area (Å²) in [6, 6.07) is 2.93. The highest BCUT2D eigenvalue weighted by Gasteiger charge is 2.26. The lowest BCUT2D eigenvalue weighted by Crippen LogP contribution is -2.53. The minimum absolute atomic E-state index is 0.0868. The second kappa shape index (κ2) is 3.88. The Morgan fingerprint density at radius 1 is 1.42 bits per heavy atom. The summed E-state index contributed by atoms with van der Waals surface area (Å²) in [6.45, 7) is 7.28. The summed E-state index contributed by atoms with van der Waals surface area (Å²) in [6.07, 6.45) is 0. The van der Waals surface area contributed by atoms with E-state index in [1.807, 2.05) is 0 Å². The van der Waals surface area contributed by atoms with Gasteiger partial charge in [-0.05, 0) is 20.9 Å². The average molecular weight is 167 g/mol. The molecular formula is C9H17N3. The van der Waals surface area contributed by atoms with E-state index in [9.17, 15) is 0 Å². The normalized spacial score (nSPS) is 27.4. The zero-order valence-corrected chi connectivity index (χ0v) is 8.12. The van der Waals surface area contributed by atoms with Gasteiger partial charge in [-0.1, -0.05) is 0 Å². The van der Waals surface area contributed by atoms with Crippen LogP contribution >= 0.6 is 0 Å². The van der Waals surface area contributed by atoms with Crippen LogP contribution in [0.2, 0.25) is 0 Å². The lowest BCUT2D eigenvalue weighted by atomic mass is 10.1. The highest BCUT2D eigenvalue weighted by Crippen LogP contribution is 2.10. The minimum atomic E-state index is 0.0868. The molecule has 1 rings (SSSR count). The lowest BCUT2D eigenvalue weighted by Gasteiger charge is -2.38. The quantitative estimate of drug-likeness (QED) is 0.571. The van der Waals surface area contributed by atoms with E-state index in [2.05, 4.69) is 36.8 Å². The first-order valence-electron chi connectivity index (χ1n) is 4.49. The molecule has 0 bridgehead atoms. The number of nitriles is 1. The molecule has 0 N–H and O–H groups in total. The number of likely N-dealkylation sites (N-methyl/N-ethyl adjacent to an activating group) is 1. The van der Waals surface area contributed by atoms with Crippen molar-refractivity contribution in [2.45, 2.75) is 25.9 Å². The second-order valence-corrected chi connectivity index (χ2v) is 3.74. The van der Waals surface area contributed by atoms with Crippen molar-refractivity contribution < 1.29 is 0 Å². The summed E-state index contributed by atoms with van der Waals surface area (Å²) in [7, 11) is 2.07. The Morgan fingerprint density at radius 3 is 2.58 bits per heavy atom. The highest BCUT2D eigenvalue weighted by molar-refractivity contribution is 4.97. The minimum Gasteiger partial charge on any atom is -0.302 e. The molecule has 0 saturated carbocycles. The summed E-state index contributed by atoms with van der Waals surface area (Å²) in [5.41, 5.74) is 0. The van der Waals surface area contributed by atoms with Gasteiger partial charge in [-0.25, -0.2) is 0 Å². The molecule has 1 atom stereocenters. The van der Waals surface area contributed by atoms with Gasteiger partial charge in [0.1, 0.15) is 6.04 Å². The molecule has 0 aromatic carbocycles. The van der Waals surface area contributed by atoms with E-state index in [0.717, 1.165) is 19.6 Å². The predicted molar refractivity (Wildman–Crippen MR) is 48.7 cm³/mol. The van der Waals surface area contributed by atoms with Gasteiger partial charge in [0, 0.05) is 25.7 Å². The molecule has 1 unspecified atom stereocenters. The molecule has 0 aromatic heterocycles. The Balaban J connectivity index is 2.58. The molecule has 1 heterocycles. The number of piperazine rings is 1. The first kappa shape index (κ1) is 9.50. The number of rotatable bonds is 1. The van der Waals surface area contributed by atoms with Crippen LogP contribution in [-0.2, 0) is 0 Å².